The Labute approximate surface area is 31.2 Å². The summed E-state index contributed by atoms with van der Waals surface area (Å²) >= 11 is 0. The van der Waals surface area contributed by atoms with E-state index in [2.05, 4.69) is 9.78 Å². The first-order valence-electron chi connectivity index (χ1n) is 1.56. The third-order valence-electron chi connectivity index (χ3n) is 0.455. The minimum absolute atomic E-state index is 0.653. The lowest BCUT2D eigenvalue weighted by molar-refractivity contribution is -0.248. The lowest BCUT2D eigenvalue weighted by atomic mass is 9.83. The molecule has 0 spiro atoms. The van der Waals surface area contributed by atoms with Crippen LogP contribution in [0.3, 0.4) is 0 Å². The first kappa shape index (κ1) is 3.19. The summed E-state index contributed by atoms with van der Waals surface area (Å²) in [6.45, 7) is 1.31. The predicted octanol–water partition coefficient (Wildman–Crippen LogP) is -0.433. The minimum atomic E-state index is 0.653. The van der Waals surface area contributed by atoms with Crippen LogP contribution in [-0.2, 0) is 9.78 Å². The van der Waals surface area contributed by atoms with Crippen LogP contribution in [0, 0.1) is 0 Å². The van der Waals surface area contributed by atoms with Crippen molar-refractivity contribution in [3.8, 4) is 0 Å². The predicted molar refractivity (Wildman–Crippen MR) is 17.7 cm³/mol. The molecule has 0 N–H and O–H groups in total. The molecule has 0 atom stereocenters. The molecule has 27 valence electrons. The van der Waals surface area contributed by atoms with E-state index >= 15 is 0 Å². The normalized spacial score (nSPS) is 22.4. The Bertz CT molecular complexity index is 19.2. The molecule has 1 saturated heterocycles. The van der Waals surface area contributed by atoms with Crippen molar-refractivity contribution in [2.45, 2.75) is 0 Å². The number of rotatable bonds is 0. The lowest BCUT2D eigenvalue weighted by Gasteiger charge is -1.79. The van der Waals surface area contributed by atoms with E-state index in [1.807, 2.05) is 7.28 Å². The maximum atomic E-state index is 4.39. The van der Waals surface area contributed by atoms with E-state index in [9.17, 15) is 0 Å². The van der Waals surface area contributed by atoms with Gasteiger partial charge in [0, 0.05) is 0 Å². The average Bonchev–Trinajstić information content (AvgIpc) is 1.76. The summed E-state index contributed by atoms with van der Waals surface area (Å²) < 4.78 is 0. The molecule has 0 amide bonds. The van der Waals surface area contributed by atoms with Crippen molar-refractivity contribution in [3.05, 3.63) is 0 Å². The molecular weight excluding hydrogens is 66.8 g/mol. The van der Waals surface area contributed by atoms with Gasteiger partial charge in [0.1, 0.15) is 0 Å². The summed E-state index contributed by atoms with van der Waals surface area (Å²) in [7, 11) is 1.92. The molecule has 0 aliphatic carbocycles. The van der Waals surface area contributed by atoms with Gasteiger partial charge in [-0.1, -0.05) is 0 Å². The highest BCUT2D eigenvalue weighted by Gasteiger charge is 1.98. The maximum Gasteiger partial charge on any atom is 0.188 e. The van der Waals surface area contributed by atoms with Crippen LogP contribution in [0.4, 0.5) is 0 Å². The van der Waals surface area contributed by atoms with E-state index < -0.39 is 0 Å². The monoisotopic (exact) mass is 71.0 g/mol. The maximum absolute atomic E-state index is 4.39. The molecule has 3 heteroatoms. The van der Waals surface area contributed by atoms with Crippen molar-refractivity contribution >= 4 is 7.28 Å². The SMILES string of the molecule is [B]1COOC1. The van der Waals surface area contributed by atoms with E-state index in [1.165, 1.54) is 0 Å². The zero-order valence-electron chi connectivity index (χ0n) is 2.81. The molecule has 1 rings (SSSR count). The van der Waals surface area contributed by atoms with Gasteiger partial charge in [0.05, 0.1) is 13.0 Å². The molecular formula is C2H4BO2. The van der Waals surface area contributed by atoms with Crippen molar-refractivity contribution in [1.29, 1.82) is 0 Å². The summed E-state index contributed by atoms with van der Waals surface area (Å²) in [6.07, 6.45) is 0. The van der Waals surface area contributed by atoms with Gasteiger partial charge in [0.15, 0.2) is 7.28 Å². The number of hydrogen-bond donors (Lipinski definition) is 0. The van der Waals surface area contributed by atoms with Crippen molar-refractivity contribution in [1.82, 2.24) is 0 Å². The highest BCUT2D eigenvalue weighted by molar-refractivity contribution is 6.35. The highest BCUT2D eigenvalue weighted by atomic mass is 17.2. The molecule has 1 heterocycles. The van der Waals surface area contributed by atoms with Crippen LogP contribution >= 0.6 is 0 Å². The summed E-state index contributed by atoms with van der Waals surface area (Å²) in [5.74, 6) is 0. The van der Waals surface area contributed by atoms with Crippen LogP contribution in [0.1, 0.15) is 0 Å². The molecule has 0 aromatic carbocycles. The van der Waals surface area contributed by atoms with Crippen molar-refractivity contribution in [2.24, 2.45) is 0 Å². The molecule has 1 fully saturated rings. The van der Waals surface area contributed by atoms with E-state index in [0.717, 1.165) is 0 Å². The summed E-state index contributed by atoms with van der Waals surface area (Å²) in [6, 6.07) is 0. The average molecular weight is 70.9 g/mol. The van der Waals surface area contributed by atoms with E-state index in [-0.39, 0.29) is 0 Å². The molecule has 0 unspecified atom stereocenters. The summed E-state index contributed by atoms with van der Waals surface area (Å²) in [4.78, 5) is 8.78. The Morgan fingerprint density at radius 3 is 2.00 bits per heavy atom. The van der Waals surface area contributed by atoms with Crippen LogP contribution in [0.2, 0.25) is 0 Å². The molecule has 0 aromatic heterocycles. The lowest BCUT2D eigenvalue weighted by Crippen LogP contribution is -1.89. The Balaban J connectivity index is 2.08. The quantitative estimate of drug-likeness (QED) is 0.285. The Kier molecular flexibility index (Phi) is 0.910. The standard InChI is InChI=1S/C2H4BO2/c1-3-2-5-4-1/h1-2H2. The molecule has 5 heavy (non-hydrogen) atoms. The van der Waals surface area contributed by atoms with Gasteiger partial charge in [-0.3, -0.25) is 0 Å². The minimum Gasteiger partial charge on any atom is -0.247 e. The van der Waals surface area contributed by atoms with E-state index in [4.69, 9.17) is 0 Å². The van der Waals surface area contributed by atoms with Crippen LogP contribution in [0.5, 0.6) is 0 Å². The van der Waals surface area contributed by atoms with E-state index in [0.29, 0.717) is 13.0 Å². The second kappa shape index (κ2) is 1.43. The Morgan fingerprint density at radius 2 is 1.80 bits per heavy atom. The molecule has 0 saturated carbocycles. The van der Waals surface area contributed by atoms with Gasteiger partial charge in [0.2, 0.25) is 0 Å². The van der Waals surface area contributed by atoms with Crippen molar-refractivity contribution in [3.63, 3.8) is 0 Å². The van der Waals surface area contributed by atoms with Crippen molar-refractivity contribution < 1.29 is 9.78 Å². The van der Waals surface area contributed by atoms with Crippen LogP contribution in [0.25, 0.3) is 0 Å². The molecule has 0 aromatic rings. The fourth-order valence-corrected chi connectivity index (χ4v) is 0.241. The largest absolute Gasteiger partial charge is 0.247 e. The Morgan fingerprint density at radius 1 is 1.20 bits per heavy atom. The molecule has 1 radical (unpaired) electrons. The topological polar surface area (TPSA) is 18.5 Å². The first-order chi connectivity index (χ1) is 2.50. The third kappa shape index (κ3) is 0.632. The molecule has 1 aliphatic heterocycles. The summed E-state index contributed by atoms with van der Waals surface area (Å²) in [5, 5.41) is 0. The molecule has 2 nitrogen and oxygen atoms in total. The van der Waals surface area contributed by atoms with Gasteiger partial charge in [-0.15, -0.1) is 0 Å². The van der Waals surface area contributed by atoms with Gasteiger partial charge < -0.3 is 0 Å². The van der Waals surface area contributed by atoms with Gasteiger partial charge in [-0.05, 0) is 0 Å². The van der Waals surface area contributed by atoms with E-state index in [1.54, 1.807) is 0 Å². The zero-order valence-corrected chi connectivity index (χ0v) is 2.81. The first-order valence-corrected chi connectivity index (χ1v) is 1.56. The van der Waals surface area contributed by atoms with Gasteiger partial charge >= 0.3 is 0 Å². The highest BCUT2D eigenvalue weighted by Crippen LogP contribution is 1.83. The van der Waals surface area contributed by atoms with Gasteiger partial charge in [-0.25, -0.2) is 9.78 Å². The Hall–Kier alpha value is -0.0151. The fraction of sp³-hybridized carbons (Fsp3) is 1.00. The van der Waals surface area contributed by atoms with Crippen molar-refractivity contribution in [2.75, 3.05) is 13.0 Å². The second-order valence-electron chi connectivity index (χ2n) is 0.858. The number of hydrogen-bond acceptors (Lipinski definition) is 2. The molecule has 0 bridgehead atoms. The van der Waals surface area contributed by atoms with Crippen LogP contribution in [-0.4, -0.2) is 20.3 Å². The van der Waals surface area contributed by atoms with Crippen LogP contribution < -0.4 is 0 Å². The van der Waals surface area contributed by atoms with Gasteiger partial charge in [0.25, 0.3) is 0 Å². The molecule has 1 aliphatic rings. The van der Waals surface area contributed by atoms with Gasteiger partial charge in [-0.2, -0.15) is 0 Å². The second-order valence-corrected chi connectivity index (χ2v) is 0.858. The third-order valence-corrected chi connectivity index (χ3v) is 0.455. The fourth-order valence-electron chi connectivity index (χ4n) is 0.241. The summed E-state index contributed by atoms with van der Waals surface area (Å²) in [5.41, 5.74) is 0. The zero-order chi connectivity index (χ0) is 3.54. The van der Waals surface area contributed by atoms with Crippen LogP contribution in [0.15, 0.2) is 0 Å². The smallest absolute Gasteiger partial charge is 0.188 e.